The van der Waals surface area contributed by atoms with E-state index in [0.29, 0.717) is 10.9 Å². The molecule has 0 N–H and O–H groups in total. The number of carbonyl (C=O) groups is 1. The van der Waals surface area contributed by atoms with Crippen LogP contribution in [0.2, 0.25) is 5.02 Å². The van der Waals surface area contributed by atoms with Crippen molar-refractivity contribution in [1.82, 2.24) is 0 Å². The van der Waals surface area contributed by atoms with Gasteiger partial charge in [0.2, 0.25) is 0 Å². The summed E-state index contributed by atoms with van der Waals surface area (Å²) in [7, 11) is 0. The van der Waals surface area contributed by atoms with Crippen LogP contribution in [0.15, 0.2) is 36.2 Å². The first-order chi connectivity index (χ1) is 9.08. The SMILES string of the molecule is CC(=O)OC/C(F)=C/C(c1ccccc1Cl)C1CC1. The lowest BCUT2D eigenvalue weighted by Gasteiger charge is -2.14. The average molecular weight is 283 g/mol. The molecule has 1 atom stereocenters. The Morgan fingerprint density at radius 1 is 1.53 bits per heavy atom. The minimum absolute atomic E-state index is 0.0377. The summed E-state index contributed by atoms with van der Waals surface area (Å²) in [5.41, 5.74) is 0.935. The van der Waals surface area contributed by atoms with Gasteiger partial charge in [0.15, 0.2) is 0 Å². The summed E-state index contributed by atoms with van der Waals surface area (Å²) in [4.78, 5) is 10.7. The van der Waals surface area contributed by atoms with Gasteiger partial charge in [-0.05, 0) is 36.5 Å². The highest BCUT2D eigenvalue weighted by Crippen LogP contribution is 2.45. The molecule has 0 heterocycles. The maximum Gasteiger partial charge on any atom is 0.303 e. The number of carbonyl (C=O) groups excluding carboxylic acids is 1. The number of rotatable bonds is 5. The summed E-state index contributed by atoms with van der Waals surface area (Å²) in [5, 5.41) is 0.649. The smallest absolute Gasteiger partial charge is 0.303 e. The zero-order chi connectivity index (χ0) is 13.8. The average Bonchev–Trinajstić information content (AvgIpc) is 3.19. The van der Waals surface area contributed by atoms with Crippen LogP contribution in [-0.4, -0.2) is 12.6 Å². The molecule has 1 unspecified atom stereocenters. The Morgan fingerprint density at radius 2 is 2.21 bits per heavy atom. The van der Waals surface area contributed by atoms with Crippen LogP contribution in [0.25, 0.3) is 0 Å². The molecule has 0 radical (unpaired) electrons. The van der Waals surface area contributed by atoms with E-state index in [1.54, 1.807) is 0 Å². The van der Waals surface area contributed by atoms with Crippen LogP contribution < -0.4 is 0 Å². The van der Waals surface area contributed by atoms with Crippen molar-refractivity contribution in [2.75, 3.05) is 6.61 Å². The van der Waals surface area contributed by atoms with Gasteiger partial charge in [-0.25, -0.2) is 4.39 Å². The molecule has 2 rings (SSSR count). The van der Waals surface area contributed by atoms with Gasteiger partial charge in [0.05, 0.1) is 0 Å². The van der Waals surface area contributed by atoms with Crippen LogP contribution in [0.5, 0.6) is 0 Å². The molecular formula is C15H16ClFO2. The molecule has 1 aliphatic rings. The number of ether oxygens (including phenoxy) is 1. The van der Waals surface area contributed by atoms with E-state index in [-0.39, 0.29) is 12.5 Å². The lowest BCUT2D eigenvalue weighted by atomic mass is 9.93. The summed E-state index contributed by atoms with van der Waals surface area (Å²) in [6.07, 6.45) is 3.68. The van der Waals surface area contributed by atoms with Gasteiger partial charge in [0.25, 0.3) is 0 Å². The highest BCUT2D eigenvalue weighted by molar-refractivity contribution is 6.31. The second-order valence-electron chi connectivity index (χ2n) is 4.78. The monoisotopic (exact) mass is 282 g/mol. The first kappa shape index (κ1) is 14.1. The zero-order valence-corrected chi connectivity index (χ0v) is 11.5. The van der Waals surface area contributed by atoms with Gasteiger partial charge in [-0.3, -0.25) is 4.79 Å². The molecule has 0 saturated heterocycles. The predicted molar refractivity (Wildman–Crippen MR) is 72.7 cm³/mol. The van der Waals surface area contributed by atoms with Gasteiger partial charge in [-0.1, -0.05) is 29.8 Å². The zero-order valence-electron chi connectivity index (χ0n) is 10.7. The minimum atomic E-state index is -0.482. The number of hydrogen-bond donors (Lipinski definition) is 0. The fourth-order valence-electron chi connectivity index (χ4n) is 2.09. The van der Waals surface area contributed by atoms with Crippen LogP contribution in [0.4, 0.5) is 4.39 Å². The number of hydrogen-bond acceptors (Lipinski definition) is 2. The molecule has 2 nitrogen and oxygen atoms in total. The molecule has 19 heavy (non-hydrogen) atoms. The molecule has 0 bridgehead atoms. The van der Waals surface area contributed by atoms with Crippen molar-refractivity contribution in [3.63, 3.8) is 0 Å². The van der Waals surface area contributed by atoms with Gasteiger partial charge >= 0.3 is 5.97 Å². The highest BCUT2D eigenvalue weighted by atomic mass is 35.5. The van der Waals surface area contributed by atoms with Crippen molar-refractivity contribution in [2.24, 2.45) is 5.92 Å². The number of halogens is 2. The lowest BCUT2D eigenvalue weighted by Crippen LogP contribution is -2.04. The van der Waals surface area contributed by atoms with E-state index in [1.807, 2.05) is 24.3 Å². The maximum atomic E-state index is 13.8. The second-order valence-corrected chi connectivity index (χ2v) is 5.19. The highest BCUT2D eigenvalue weighted by Gasteiger charge is 2.32. The van der Waals surface area contributed by atoms with Crippen LogP contribution in [-0.2, 0) is 9.53 Å². The van der Waals surface area contributed by atoms with E-state index in [0.717, 1.165) is 18.4 Å². The molecule has 1 aliphatic carbocycles. The molecule has 102 valence electrons. The third-order valence-corrected chi connectivity index (χ3v) is 3.51. The maximum absolute atomic E-state index is 13.8. The normalized spacial score (nSPS) is 17.1. The van der Waals surface area contributed by atoms with Gasteiger partial charge < -0.3 is 4.74 Å². The lowest BCUT2D eigenvalue weighted by molar-refractivity contribution is -0.140. The van der Waals surface area contributed by atoms with Crippen molar-refractivity contribution < 1.29 is 13.9 Å². The fraction of sp³-hybridized carbons (Fsp3) is 0.400. The molecule has 1 aromatic rings. The Kier molecular flexibility index (Phi) is 4.59. The molecule has 0 aliphatic heterocycles. The van der Waals surface area contributed by atoms with Crippen molar-refractivity contribution in [2.45, 2.75) is 25.7 Å². The summed E-state index contributed by atoms with van der Waals surface area (Å²) in [5.74, 6) is -0.511. The molecule has 0 aromatic heterocycles. The Balaban J connectivity index is 2.15. The molecule has 0 spiro atoms. The second kappa shape index (κ2) is 6.20. The van der Waals surface area contributed by atoms with E-state index < -0.39 is 11.8 Å². The molecule has 4 heteroatoms. The molecule has 0 amide bonds. The Labute approximate surface area is 117 Å². The number of benzene rings is 1. The summed E-state index contributed by atoms with van der Waals surface area (Å²) < 4.78 is 18.4. The Hall–Kier alpha value is -1.35. The minimum Gasteiger partial charge on any atom is -0.459 e. The van der Waals surface area contributed by atoms with E-state index in [2.05, 4.69) is 4.74 Å². The molecule has 1 saturated carbocycles. The summed E-state index contributed by atoms with van der Waals surface area (Å²) in [6.45, 7) is 0.961. The third-order valence-electron chi connectivity index (χ3n) is 3.17. The summed E-state index contributed by atoms with van der Waals surface area (Å²) >= 11 is 6.16. The van der Waals surface area contributed by atoms with E-state index in [9.17, 15) is 9.18 Å². The van der Waals surface area contributed by atoms with Crippen LogP contribution in [0, 0.1) is 5.92 Å². The van der Waals surface area contributed by atoms with Crippen molar-refractivity contribution in [1.29, 1.82) is 0 Å². The van der Waals surface area contributed by atoms with Crippen LogP contribution in [0.3, 0.4) is 0 Å². The van der Waals surface area contributed by atoms with Gasteiger partial charge in [0, 0.05) is 17.9 Å². The van der Waals surface area contributed by atoms with Gasteiger partial charge in [0.1, 0.15) is 12.4 Å². The topological polar surface area (TPSA) is 26.3 Å². The first-order valence-electron chi connectivity index (χ1n) is 6.32. The van der Waals surface area contributed by atoms with E-state index in [4.69, 9.17) is 11.6 Å². The fourth-order valence-corrected chi connectivity index (χ4v) is 2.36. The van der Waals surface area contributed by atoms with Gasteiger partial charge in [-0.2, -0.15) is 0 Å². The molecular weight excluding hydrogens is 267 g/mol. The van der Waals surface area contributed by atoms with Crippen LogP contribution in [0.1, 0.15) is 31.2 Å². The first-order valence-corrected chi connectivity index (χ1v) is 6.69. The Bertz CT molecular complexity index is 495. The molecule has 1 aromatic carbocycles. The quantitative estimate of drug-likeness (QED) is 0.755. The van der Waals surface area contributed by atoms with E-state index >= 15 is 0 Å². The number of esters is 1. The van der Waals surface area contributed by atoms with Gasteiger partial charge in [-0.15, -0.1) is 0 Å². The van der Waals surface area contributed by atoms with Crippen molar-refractivity contribution >= 4 is 17.6 Å². The van der Waals surface area contributed by atoms with Crippen molar-refractivity contribution in [3.8, 4) is 0 Å². The third kappa shape index (κ3) is 4.06. The standard InChI is InChI=1S/C15H16ClFO2/c1-10(18)19-9-12(17)8-14(11-6-7-11)13-4-2-3-5-15(13)16/h2-5,8,11,14H,6-7,9H2,1H3/b12-8-. The largest absolute Gasteiger partial charge is 0.459 e. The Morgan fingerprint density at radius 3 is 2.79 bits per heavy atom. The summed E-state index contributed by atoms with van der Waals surface area (Å²) in [6, 6.07) is 7.48. The van der Waals surface area contributed by atoms with Crippen molar-refractivity contribution in [3.05, 3.63) is 46.8 Å². The number of allylic oxidation sites excluding steroid dienone is 1. The predicted octanol–water partition coefficient (Wildman–Crippen LogP) is 4.25. The molecule has 1 fully saturated rings. The van der Waals surface area contributed by atoms with E-state index in [1.165, 1.54) is 13.0 Å². The van der Waals surface area contributed by atoms with Crippen LogP contribution >= 0.6 is 11.6 Å².